The number of likely N-dealkylation sites (tertiary alicyclic amines) is 1. The summed E-state index contributed by atoms with van der Waals surface area (Å²) in [7, 11) is 0. The summed E-state index contributed by atoms with van der Waals surface area (Å²) in [6.07, 6.45) is 5.15. The number of pyridine rings is 1. The van der Waals surface area contributed by atoms with E-state index in [-0.39, 0.29) is 24.9 Å². The lowest BCUT2D eigenvalue weighted by Crippen LogP contribution is -2.45. The van der Waals surface area contributed by atoms with Gasteiger partial charge in [-0.1, -0.05) is 18.9 Å². The van der Waals surface area contributed by atoms with Gasteiger partial charge >= 0.3 is 0 Å². The Kier molecular flexibility index (Phi) is 4.98. The van der Waals surface area contributed by atoms with E-state index in [0.29, 0.717) is 31.6 Å². The van der Waals surface area contributed by atoms with Crippen LogP contribution < -0.4 is 0 Å². The SMILES string of the molecule is O=C1c2cc(CN3CCCC(F)(F)C3)c3cccnc3c2CN1C1CCCCC1O. The molecule has 1 aliphatic carbocycles. The Balaban J connectivity index is 1.50. The smallest absolute Gasteiger partial charge is 0.260 e. The summed E-state index contributed by atoms with van der Waals surface area (Å²) < 4.78 is 27.8. The van der Waals surface area contributed by atoms with Crippen LogP contribution in [0.15, 0.2) is 24.4 Å². The first-order valence-corrected chi connectivity index (χ1v) is 10.9. The predicted octanol–water partition coefficient (Wildman–Crippen LogP) is 3.73. The Hall–Kier alpha value is -2.12. The lowest BCUT2D eigenvalue weighted by molar-refractivity contribution is -0.0660. The van der Waals surface area contributed by atoms with Crippen LogP contribution >= 0.6 is 0 Å². The molecule has 1 saturated heterocycles. The fourth-order valence-electron chi connectivity index (χ4n) is 5.40. The molecule has 0 spiro atoms. The molecule has 1 amide bonds. The molecule has 5 rings (SSSR count). The standard InChI is InChI=1S/C23H27F2N3O2/c24-23(25)8-4-10-27(14-23)12-15-11-17-18(21-16(15)5-3-9-26-21)13-28(22(17)30)19-6-1-2-7-20(19)29/h3,5,9,11,19-20,29H,1-2,4,6-8,10,12-14H2. The fourth-order valence-corrected chi connectivity index (χ4v) is 5.40. The number of piperidine rings is 1. The fraction of sp³-hybridized carbons (Fsp3) is 0.565. The molecule has 1 saturated carbocycles. The zero-order chi connectivity index (χ0) is 20.9. The summed E-state index contributed by atoms with van der Waals surface area (Å²) >= 11 is 0. The molecule has 2 aromatic rings. The zero-order valence-electron chi connectivity index (χ0n) is 17.0. The Morgan fingerprint density at radius 2 is 2.07 bits per heavy atom. The van der Waals surface area contributed by atoms with E-state index in [4.69, 9.17) is 0 Å². The van der Waals surface area contributed by atoms with Crippen LogP contribution in [0.5, 0.6) is 0 Å². The topological polar surface area (TPSA) is 56.7 Å². The lowest BCUT2D eigenvalue weighted by atomic mass is 9.91. The van der Waals surface area contributed by atoms with Crippen LogP contribution in [0.4, 0.5) is 8.78 Å². The van der Waals surface area contributed by atoms with Gasteiger partial charge in [0.05, 0.1) is 24.2 Å². The van der Waals surface area contributed by atoms with Crippen LogP contribution in [-0.2, 0) is 13.1 Å². The van der Waals surface area contributed by atoms with E-state index in [1.54, 1.807) is 16.0 Å². The first-order valence-electron chi connectivity index (χ1n) is 10.9. The van der Waals surface area contributed by atoms with E-state index < -0.39 is 12.0 Å². The van der Waals surface area contributed by atoms with Crippen molar-refractivity contribution in [1.82, 2.24) is 14.8 Å². The van der Waals surface area contributed by atoms with Crippen LogP contribution in [-0.4, -0.2) is 57.0 Å². The quantitative estimate of drug-likeness (QED) is 0.830. The van der Waals surface area contributed by atoms with Crippen LogP contribution in [0.2, 0.25) is 0 Å². The minimum Gasteiger partial charge on any atom is -0.391 e. The molecule has 2 fully saturated rings. The highest BCUT2D eigenvalue weighted by Crippen LogP contribution is 2.36. The van der Waals surface area contributed by atoms with Gasteiger partial charge in [0.2, 0.25) is 0 Å². The van der Waals surface area contributed by atoms with Crippen molar-refractivity contribution in [3.8, 4) is 0 Å². The molecule has 160 valence electrons. The van der Waals surface area contributed by atoms with E-state index in [9.17, 15) is 18.7 Å². The normalized spacial score (nSPS) is 26.9. The van der Waals surface area contributed by atoms with Crippen molar-refractivity contribution in [3.63, 3.8) is 0 Å². The molecule has 1 aromatic heterocycles. The monoisotopic (exact) mass is 415 g/mol. The van der Waals surface area contributed by atoms with E-state index >= 15 is 0 Å². The first-order chi connectivity index (χ1) is 14.4. The van der Waals surface area contributed by atoms with E-state index in [1.807, 2.05) is 18.2 Å². The number of aliphatic hydroxyl groups excluding tert-OH is 1. The lowest BCUT2D eigenvalue weighted by Gasteiger charge is -2.35. The maximum absolute atomic E-state index is 13.9. The molecule has 5 nitrogen and oxygen atoms in total. The minimum atomic E-state index is -2.66. The molecular formula is C23H27F2N3O2. The second kappa shape index (κ2) is 7.54. The molecule has 2 atom stereocenters. The highest BCUT2D eigenvalue weighted by molar-refractivity contribution is 6.04. The highest BCUT2D eigenvalue weighted by Gasteiger charge is 2.39. The number of hydrogen-bond donors (Lipinski definition) is 1. The Labute approximate surface area is 174 Å². The average molecular weight is 415 g/mol. The van der Waals surface area contributed by atoms with Gasteiger partial charge in [0.1, 0.15) is 0 Å². The second-order valence-electron chi connectivity index (χ2n) is 8.98. The van der Waals surface area contributed by atoms with Crippen molar-refractivity contribution in [3.05, 3.63) is 41.1 Å². The largest absolute Gasteiger partial charge is 0.391 e. The predicted molar refractivity (Wildman–Crippen MR) is 109 cm³/mol. The van der Waals surface area contributed by atoms with Gasteiger partial charge in [-0.3, -0.25) is 14.7 Å². The third kappa shape index (κ3) is 3.48. The van der Waals surface area contributed by atoms with Crippen LogP contribution in [0.1, 0.15) is 60.0 Å². The summed E-state index contributed by atoms with van der Waals surface area (Å²) in [6.45, 7) is 1.21. The Morgan fingerprint density at radius 3 is 2.87 bits per heavy atom. The van der Waals surface area contributed by atoms with Crippen molar-refractivity contribution < 1.29 is 18.7 Å². The van der Waals surface area contributed by atoms with E-state index in [1.165, 1.54) is 0 Å². The van der Waals surface area contributed by atoms with Crippen molar-refractivity contribution in [2.24, 2.45) is 0 Å². The maximum Gasteiger partial charge on any atom is 0.260 e. The third-order valence-corrected chi connectivity index (χ3v) is 6.86. The van der Waals surface area contributed by atoms with Gasteiger partial charge in [-0.25, -0.2) is 8.78 Å². The molecule has 2 aliphatic heterocycles. The number of benzene rings is 1. The van der Waals surface area contributed by atoms with Crippen LogP contribution in [0.3, 0.4) is 0 Å². The molecule has 1 N–H and O–H groups in total. The highest BCUT2D eigenvalue weighted by atomic mass is 19.3. The van der Waals surface area contributed by atoms with Gasteiger partial charge in [-0.05, 0) is 43.5 Å². The number of amides is 1. The summed E-state index contributed by atoms with van der Waals surface area (Å²) in [5.74, 6) is -2.74. The van der Waals surface area contributed by atoms with Gasteiger partial charge in [0, 0.05) is 42.2 Å². The number of hydrogen-bond acceptors (Lipinski definition) is 4. The second-order valence-corrected chi connectivity index (χ2v) is 8.98. The number of nitrogens with zero attached hydrogens (tertiary/aromatic N) is 3. The number of alkyl halides is 2. The first kappa shape index (κ1) is 19.8. The van der Waals surface area contributed by atoms with Gasteiger partial charge in [-0.2, -0.15) is 0 Å². The van der Waals surface area contributed by atoms with Crippen molar-refractivity contribution in [2.45, 2.75) is 69.7 Å². The zero-order valence-corrected chi connectivity index (χ0v) is 17.0. The van der Waals surface area contributed by atoms with E-state index in [2.05, 4.69) is 4.98 Å². The molecular weight excluding hydrogens is 388 g/mol. The summed E-state index contributed by atoms with van der Waals surface area (Å²) in [5.41, 5.74) is 3.14. The summed E-state index contributed by atoms with van der Waals surface area (Å²) in [4.78, 5) is 21.4. The number of halogens is 2. The third-order valence-electron chi connectivity index (χ3n) is 6.86. The van der Waals surface area contributed by atoms with Gasteiger partial charge < -0.3 is 10.0 Å². The number of aromatic nitrogens is 1. The molecule has 1 aromatic carbocycles. The van der Waals surface area contributed by atoms with Crippen LogP contribution in [0.25, 0.3) is 10.9 Å². The average Bonchev–Trinajstić information content (AvgIpc) is 3.04. The molecule has 3 aliphatic rings. The van der Waals surface area contributed by atoms with Crippen molar-refractivity contribution in [1.29, 1.82) is 0 Å². The van der Waals surface area contributed by atoms with Gasteiger partial charge in [0.25, 0.3) is 11.8 Å². The molecule has 0 bridgehead atoms. The Bertz CT molecular complexity index is 980. The molecule has 0 radical (unpaired) electrons. The summed E-state index contributed by atoms with van der Waals surface area (Å²) in [6, 6.07) is 5.52. The van der Waals surface area contributed by atoms with Gasteiger partial charge in [-0.15, -0.1) is 0 Å². The number of aliphatic hydroxyl groups is 1. The van der Waals surface area contributed by atoms with Gasteiger partial charge in [0.15, 0.2) is 0 Å². The summed E-state index contributed by atoms with van der Waals surface area (Å²) in [5, 5.41) is 11.4. The van der Waals surface area contributed by atoms with E-state index in [0.717, 1.165) is 47.7 Å². The molecule has 7 heteroatoms. The number of carbonyl (C=O) groups excluding carboxylic acids is 1. The number of carbonyl (C=O) groups is 1. The Morgan fingerprint density at radius 1 is 1.23 bits per heavy atom. The number of rotatable bonds is 3. The van der Waals surface area contributed by atoms with Crippen molar-refractivity contribution >= 4 is 16.8 Å². The molecule has 30 heavy (non-hydrogen) atoms. The minimum absolute atomic E-state index is 0.0623. The molecule has 2 unspecified atom stereocenters. The maximum atomic E-state index is 13.9. The van der Waals surface area contributed by atoms with Crippen molar-refractivity contribution in [2.75, 3.05) is 13.1 Å². The molecule has 3 heterocycles. The number of fused-ring (bicyclic) bond motifs is 3. The van der Waals surface area contributed by atoms with Crippen LogP contribution in [0, 0.1) is 0 Å².